The Balaban J connectivity index is 2.44. The zero-order valence-electron chi connectivity index (χ0n) is 11.7. The van der Waals surface area contributed by atoms with E-state index in [-0.39, 0.29) is 5.38 Å². The Labute approximate surface area is 144 Å². The second-order valence-corrected chi connectivity index (χ2v) is 7.32. The summed E-state index contributed by atoms with van der Waals surface area (Å²) in [4.78, 5) is 4.69. The number of benzene rings is 1. The van der Waals surface area contributed by atoms with E-state index in [0.29, 0.717) is 0 Å². The number of nitrogens with zero attached hydrogens (tertiary/aromatic N) is 4. The Morgan fingerprint density at radius 1 is 1.29 bits per heavy atom. The third-order valence-electron chi connectivity index (χ3n) is 3.33. The van der Waals surface area contributed by atoms with E-state index in [2.05, 4.69) is 41.5 Å². The maximum atomic E-state index is 6.34. The molecule has 3 rings (SSSR count). The van der Waals surface area contributed by atoms with Crippen molar-refractivity contribution < 1.29 is 0 Å². The van der Waals surface area contributed by atoms with Crippen molar-refractivity contribution in [1.29, 1.82) is 0 Å². The molecule has 1 atom stereocenters. The van der Waals surface area contributed by atoms with Gasteiger partial charge in [0.1, 0.15) is 11.3 Å². The van der Waals surface area contributed by atoms with Gasteiger partial charge in [-0.15, -0.1) is 11.6 Å². The van der Waals surface area contributed by atoms with Crippen LogP contribution in [0.3, 0.4) is 0 Å². The third kappa shape index (κ3) is 2.43. The Kier molecular flexibility index (Phi) is 3.88. The molecule has 0 N–H and O–H groups in total. The average Bonchev–Trinajstić information content (AvgIpc) is 2.92. The molecule has 2 heterocycles. The van der Waals surface area contributed by atoms with Crippen molar-refractivity contribution >= 4 is 54.6 Å². The van der Waals surface area contributed by atoms with Crippen molar-refractivity contribution in [3.05, 3.63) is 38.7 Å². The van der Waals surface area contributed by atoms with Crippen molar-refractivity contribution in [2.45, 2.75) is 19.2 Å². The van der Waals surface area contributed by atoms with Crippen LogP contribution in [0.25, 0.3) is 16.9 Å². The number of hydrogen-bond donors (Lipinski definition) is 0. The number of aromatic nitrogens is 4. The first kappa shape index (κ1) is 15.1. The van der Waals surface area contributed by atoms with E-state index in [1.807, 2.05) is 43.8 Å². The van der Waals surface area contributed by atoms with Crippen LogP contribution in [-0.2, 0) is 7.05 Å². The molecule has 1 aromatic carbocycles. The molecule has 0 spiro atoms. The Hall–Kier alpha value is -0.850. The Morgan fingerprint density at radius 3 is 2.67 bits per heavy atom. The predicted molar refractivity (Wildman–Crippen MR) is 92.2 cm³/mol. The van der Waals surface area contributed by atoms with Crippen LogP contribution in [0.15, 0.2) is 27.1 Å². The molecule has 0 aliphatic carbocycles. The molecular formula is C14H13Br2ClN4. The van der Waals surface area contributed by atoms with Gasteiger partial charge >= 0.3 is 0 Å². The van der Waals surface area contributed by atoms with E-state index in [1.165, 1.54) is 0 Å². The van der Waals surface area contributed by atoms with Gasteiger partial charge in [0.25, 0.3) is 0 Å². The number of fused-ring (bicyclic) bond motifs is 1. The zero-order chi connectivity index (χ0) is 15.3. The van der Waals surface area contributed by atoms with Crippen LogP contribution in [0.5, 0.6) is 0 Å². The maximum Gasteiger partial charge on any atom is 0.163 e. The summed E-state index contributed by atoms with van der Waals surface area (Å²) in [6, 6.07) is 6.02. The summed E-state index contributed by atoms with van der Waals surface area (Å²) in [6.45, 7) is 3.88. The minimum atomic E-state index is -0.206. The van der Waals surface area contributed by atoms with Crippen LogP contribution < -0.4 is 0 Å². The molecule has 7 heteroatoms. The lowest BCUT2D eigenvalue weighted by atomic mass is 10.3. The van der Waals surface area contributed by atoms with Gasteiger partial charge in [-0.2, -0.15) is 5.10 Å². The second kappa shape index (κ2) is 5.41. The summed E-state index contributed by atoms with van der Waals surface area (Å²) < 4.78 is 5.87. The first-order valence-corrected chi connectivity index (χ1v) is 8.44. The summed E-state index contributed by atoms with van der Waals surface area (Å²) in [5, 5.41) is 4.25. The van der Waals surface area contributed by atoms with Gasteiger partial charge in [-0.1, -0.05) is 15.9 Å². The van der Waals surface area contributed by atoms with Gasteiger partial charge in [-0.25, -0.2) is 9.67 Å². The molecular weight excluding hydrogens is 419 g/mol. The molecule has 3 aromatic rings. The first-order valence-electron chi connectivity index (χ1n) is 6.41. The van der Waals surface area contributed by atoms with Crippen molar-refractivity contribution in [1.82, 2.24) is 19.3 Å². The number of rotatable bonds is 2. The molecule has 0 fully saturated rings. The molecule has 0 bridgehead atoms. The van der Waals surface area contributed by atoms with Gasteiger partial charge in [0.05, 0.1) is 16.8 Å². The number of imidazole rings is 1. The second-order valence-electron chi connectivity index (χ2n) is 4.90. The summed E-state index contributed by atoms with van der Waals surface area (Å²) in [6.07, 6.45) is 0. The molecule has 110 valence electrons. The lowest BCUT2D eigenvalue weighted by molar-refractivity contribution is 0.747. The van der Waals surface area contributed by atoms with E-state index in [1.54, 1.807) is 0 Å². The van der Waals surface area contributed by atoms with Crippen LogP contribution in [-0.4, -0.2) is 19.3 Å². The molecule has 21 heavy (non-hydrogen) atoms. The minimum absolute atomic E-state index is 0.206. The van der Waals surface area contributed by atoms with Crippen LogP contribution in [0, 0.1) is 6.92 Å². The molecule has 0 saturated carbocycles. The Bertz CT molecular complexity index is 835. The van der Waals surface area contributed by atoms with Gasteiger partial charge in [0.15, 0.2) is 5.65 Å². The molecule has 0 saturated heterocycles. The van der Waals surface area contributed by atoms with Crippen LogP contribution >= 0.6 is 43.5 Å². The molecule has 4 nitrogen and oxygen atoms in total. The van der Waals surface area contributed by atoms with E-state index >= 15 is 0 Å². The highest BCUT2D eigenvalue weighted by atomic mass is 79.9. The number of halogens is 3. The molecule has 1 unspecified atom stereocenters. The zero-order valence-corrected chi connectivity index (χ0v) is 15.7. The summed E-state index contributed by atoms with van der Waals surface area (Å²) >= 11 is 13.5. The average molecular weight is 433 g/mol. The highest BCUT2D eigenvalue weighted by Crippen LogP contribution is 2.33. The van der Waals surface area contributed by atoms with Crippen molar-refractivity contribution in [2.24, 2.45) is 7.05 Å². The van der Waals surface area contributed by atoms with Gasteiger partial charge < -0.3 is 0 Å². The van der Waals surface area contributed by atoms with Crippen LogP contribution in [0.1, 0.15) is 23.8 Å². The standard InChI is InChI=1S/C14H13Br2ClN4/c1-7(17)13-18-12-8(2)19-20(3)14(12)21(13)11-6-9(15)4-5-10(11)16/h4-7H,1-3H3. The van der Waals surface area contributed by atoms with Gasteiger partial charge in [0.2, 0.25) is 0 Å². The SMILES string of the molecule is Cc1nn(C)c2c1nc(C(C)Cl)n2-c1cc(Br)ccc1Br. The number of hydrogen-bond acceptors (Lipinski definition) is 2. The summed E-state index contributed by atoms with van der Waals surface area (Å²) in [5.41, 5.74) is 3.70. The number of aryl methyl sites for hydroxylation is 2. The quantitative estimate of drug-likeness (QED) is 0.541. The third-order valence-corrected chi connectivity index (χ3v) is 4.69. The van der Waals surface area contributed by atoms with Crippen LogP contribution in [0.2, 0.25) is 0 Å². The summed E-state index contributed by atoms with van der Waals surface area (Å²) in [7, 11) is 1.92. The minimum Gasteiger partial charge on any atom is -0.278 e. The normalized spacial score (nSPS) is 13.0. The maximum absolute atomic E-state index is 6.34. The van der Waals surface area contributed by atoms with Gasteiger partial charge in [-0.05, 0) is 48.0 Å². The number of alkyl halides is 1. The fraction of sp³-hybridized carbons (Fsp3) is 0.286. The molecule has 0 amide bonds. The van der Waals surface area contributed by atoms with Crippen LogP contribution in [0.4, 0.5) is 0 Å². The molecule has 0 aliphatic heterocycles. The fourth-order valence-corrected chi connectivity index (χ4v) is 3.37. The van der Waals surface area contributed by atoms with Crippen molar-refractivity contribution in [3.63, 3.8) is 0 Å². The van der Waals surface area contributed by atoms with Crippen molar-refractivity contribution in [2.75, 3.05) is 0 Å². The molecule has 0 aliphatic rings. The van der Waals surface area contributed by atoms with Crippen molar-refractivity contribution in [3.8, 4) is 5.69 Å². The monoisotopic (exact) mass is 430 g/mol. The van der Waals surface area contributed by atoms with Gasteiger partial charge in [0, 0.05) is 16.0 Å². The topological polar surface area (TPSA) is 35.6 Å². The predicted octanol–water partition coefficient (Wildman–Crippen LogP) is 4.89. The van der Waals surface area contributed by atoms with Gasteiger partial charge in [-0.3, -0.25) is 4.57 Å². The highest BCUT2D eigenvalue weighted by Gasteiger charge is 2.22. The smallest absolute Gasteiger partial charge is 0.163 e. The first-order chi connectivity index (χ1) is 9.90. The Morgan fingerprint density at radius 2 is 2.00 bits per heavy atom. The molecule has 0 radical (unpaired) electrons. The lowest BCUT2D eigenvalue weighted by Gasteiger charge is -2.13. The molecule has 2 aromatic heterocycles. The lowest BCUT2D eigenvalue weighted by Crippen LogP contribution is -2.06. The summed E-state index contributed by atoms with van der Waals surface area (Å²) in [5.74, 6) is 0.807. The van der Waals surface area contributed by atoms with E-state index in [4.69, 9.17) is 16.6 Å². The van der Waals surface area contributed by atoms with E-state index < -0.39 is 0 Å². The van der Waals surface area contributed by atoms with E-state index in [9.17, 15) is 0 Å². The fourth-order valence-electron chi connectivity index (χ4n) is 2.45. The van der Waals surface area contributed by atoms with E-state index in [0.717, 1.165) is 37.3 Å². The highest BCUT2D eigenvalue weighted by molar-refractivity contribution is 9.11. The largest absolute Gasteiger partial charge is 0.278 e.